The largest absolute Gasteiger partial charge is 0.394 e. The van der Waals surface area contributed by atoms with Crippen molar-refractivity contribution in [3.8, 4) is 0 Å². The summed E-state index contributed by atoms with van der Waals surface area (Å²) in [6.07, 6.45) is 2.48. The van der Waals surface area contributed by atoms with E-state index < -0.39 is 0 Å². The van der Waals surface area contributed by atoms with Crippen molar-refractivity contribution in [2.45, 2.75) is 36.6 Å². The third kappa shape index (κ3) is 3.22. The van der Waals surface area contributed by atoms with Gasteiger partial charge < -0.3 is 10.4 Å². The van der Waals surface area contributed by atoms with E-state index in [-0.39, 0.29) is 12.1 Å². The number of thiazole rings is 1. The molecule has 0 radical (unpaired) electrons. The second kappa shape index (κ2) is 5.69. The number of likely N-dealkylation sites (N-methyl/N-ethyl adjacent to an activating group) is 1. The van der Waals surface area contributed by atoms with Crippen LogP contribution in [0.15, 0.2) is 9.72 Å². The summed E-state index contributed by atoms with van der Waals surface area (Å²) in [6, 6.07) is 0. The summed E-state index contributed by atoms with van der Waals surface area (Å²) >= 11 is 3.46. The molecule has 1 aliphatic carbocycles. The minimum atomic E-state index is -0.0982. The quantitative estimate of drug-likeness (QED) is 0.748. The van der Waals surface area contributed by atoms with Gasteiger partial charge in [0.25, 0.3) is 0 Å². The summed E-state index contributed by atoms with van der Waals surface area (Å²) in [4.78, 5) is 4.46. The molecule has 0 bridgehead atoms. The Hall–Kier alpha value is -0.100. The molecule has 1 atom stereocenters. The molecule has 1 saturated carbocycles. The average molecular weight is 272 g/mol. The van der Waals surface area contributed by atoms with Crippen molar-refractivity contribution >= 4 is 23.1 Å². The summed E-state index contributed by atoms with van der Waals surface area (Å²) in [5.41, 5.74) is 0.987. The molecule has 0 aliphatic heterocycles. The molecule has 0 amide bonds. The fraction of sp³-hybridized carbons (Fsp3) is 0.750. The summed E-state index contributed by atoms with van der Waals surface area (Å²) < 4.78 is 1.11. The van der Waals surface area contributed by atoms with Crippen molar-refractivity contribution < 1.29 is 5.11 Å². The van der Waals surface area contributed by atoms with Crippen LogP contribution in [0.5, 0.6) is 0 Å². The Kier molecular flexibility index (Phi) is 4.47. The van der Waals surface area contributed by atoms with E-state index in [0.29, 0.717) is 5.92 Å². The average Bonchev–Trinajstić information content (AvgIpc) is 3.09. The zero-order valence-electron chi connectivity index (χ0n) is 10.4. The number of aliphatic hydroxyl groups is 1. The van der Waals surface area contributed by atoms with E-state index in [1.165, 1.54) is 12.8 Å². The van der Waals surface area contributed by atoms with E-state index >= 15 is 0 Å². The number of aryl methyl sites for hydroxylation is 1. The number of rotatable bonds is 7. The van der Waals surface area contributed by atoms with Crippen molar-refractivity contribution in [2.24, 2.45) is 5.92 Å². The molecule has 17 heavy (non-hydrogen) atoms. The molecule has 1 fully saturated rings. The summed E-state index contributed by atoms with van der Waals surface area (Å²) in [5.74, 6) is 1.55. The second-order valence-electron chi connectivity index (χ2n) is 4.66. The Morgan fingerprint density at radius 2 is 2.41 bits per heavy atom. The van der Waals surface area contributed by atoms with Crippen LogP contribution in [-0.4, -0.2) is 34.5 Å². The van der Waals surface area contributed by atoms with Crippen LogP contribution >= 0.6 is 23.1 Å². The van der Waals surface area contributed by atoms with Crippen LogP contribution < -0.4 is 5.32 Å². The van der Waals surface area contributed by atoms with Crippen LogP contribution in [0.2, 0.25) is 0 Å². The number of nitrogens with one attached hydrogen (secondary N) is 1. The molecule has 2 N–H and O–H groups in total. The van der Waals surface area contributed by atoms with Gasteiger partial charge >= 0.3 is 0 Å². The first-order chi connectivity index (χ1) is 8.20. The SMILES string of the molecule is CCNC(CO)(CSc1nc(C)cs1)C1CC1. The molecule has 0 saturated heterocycles. The summed E-state index contributed by atoms with van der Waals surface area (Å²) in [6.45, 7) is 5.26. The van der Waals surface area contributed by atoms with Gasteiger partial charge in [-0.05, 0) is 32.2 Å². The van der Waals surface area contributed by atoms with Gasteiger partial charge in [-0.1, -0.05) is 18.7 Å². The van der Waals surface area contributed by atoms with Crippen molar-refractivity contribution in [3.63, 3.8) is 0 Å². The lowest BCUT2D eigenvalue weighted by Crippen LogP contribution is -2.52. The van der Waals surface area contributed by atoms with Crippen LogP contribution in [-0.2, 0) is 0 Å². The monoisotopic (exact) mass is 272 g/mol. The molecule has 1 unspecified atom stereocenters. The third-order valence-electron chi connectivity index (χ3n) is 3.22. The number of hydrogen-bond acceptors (Lipinski definition) is 5. The first-order valence-electron chi connectivity index (χ1n) is 6.11. The highest BCUT2D eigenvalue weighted by molar-refractivity contribution is 8.01. The molecular formula is C12H20N2OS2. The molecule has 3 nitrogen and oxygen atoms in total. The number of aliphatic hydroxyl groups excluding tert-OH is 1. The topological polar surface area (TPSA) is 45.1 Å². The van der Waals surface area contributed by atoms with Crippen LogP contribution in [0.1, 0.15) is 25.5 Å². The van der Waals surface area contributed by atoms with E-state index in [4.69, 9.17) is 0 Å². The lowest BCUT2D eigenvalue weighted by molar-refractivity contribution is 0.161. The highest BCUT2D eigenvalue weighted by Crippen LogP contribution is 2.42. The van der Waals surface area contributed by atoms with Gasteiger partial charge in [0.1, 0.15) is 4.34 Å². The van der Waals surface area contributed by atoms with Crippen LogP contribution in [0.3, 0.4) is 0 Å². The third-order valence-corrected chi connectivity index (χ3v) is 5.61. The molecule has 96 valence electrons. The van der Waals surface area contributed by atoms with Gasteiger partial charge in [0.05, 0.1) is 12.1 Å². The predicted molar refractivity (Wildman–Crippen MR) is 73.8 cm³/mol. The van der Waals surface area contributed by atoms with Crippen LogP contribution in [0.25, 0.3) is 0 Å². The fourth-order valence-electron chi connectivity index (χ4n) is 2.12. The van der Waals surface area contributed by atoms with Crippen molar-refractivity contribution in [1.82, 2.24) is 10.3 Å². The minimum Gasteiger partial charge on any atom is -0.394 e. The lowest BCUT2D eigenvalue weighted by Gasteiger charge is -2.32. The van der Waals surface area contributed by atoms with E-state index in [0.717, 1.165) is 22.3 Å². The van der Waals surface area contributed by atoms with Crippen molar-refractivity contribution in [1.29, 1.82) is 0 Å². The highest BCUT2D eigenvalue weighted by Gasteiger charge is 2.44. The van der Waals surface area contributed by atoms with Gasteiger partial charge in [-0.15, -0.1) is 11.3 Å². The van der Waals surface area contributed by atoms with Gasteiger partial charge in [0.2, 0.25) is 0 Å². The molecular weight excluding hydrogens is 252 g/mol. The summed E-state index contributed by atoms with van der Waals surface area (Å²) in [5, 5.41) is 15.3. The Balaban J connectivity index is 1.97. The highest BCUT2D eigenvalue weighted by atomic mass is 32.2. The van der Waals surface area contributed by atoms with Crippen LogP contribution in [0, 0.1) is 12.8 Å². The normalized spacial score (nSPS) is 19.2. The standard InChI is InChI=1S/C12H20N2OS2/c1-3-13-12(7-15,10-4-5-10)8-17-11-14-9(2)6-16-11/h6,10,13,15H,3-5,7-8H2,1-2H3. The number of aromatic nitrogens is 1. The van der Waals surface area contributed by atoms with Crippen molar-refractivity contribution in [2.75, 3.05) is 18.9 Å². The Labute approximate surface area is 111 Å². The Bertz CT molecular complexity index is 365. The van der Waals surface area contributed by atoms with E-state index in [1.807, 2.05) is 6.92 Å². The zero-order valence-corrected chi connectivity index (χ0v) is 12.0. The van der Waals surface area contributed by atoms with E-state index in [2.05, 4.69) is 22.6 Å². The maximum Gasteiger partial charge on any atom is 0.150 e. The number of hydrogen-bond donors (Lipinski definition) is 2. The van der Waals surface area contributed by atoms with Gasteiger partial charge in [-0.25, -0.2) is 4.98 Å². The van der Waals surface area contributed by atoms with E-state index in [9.17, 15) is 5.11 Å². The zero-order chi connectivity index (χ0) is 12.3. The van der Waals surface area contributed by atoms with Gasteiger partial charge in [0, 0.05) is 16.8 Å². The molecule has 2 rings (SSSR count). The molecule has 1 aliphatic rings. The van der Waals surface area contributed by atoms with Crippen molar-refractivity contribution in [3.05, 3.63) is 11.1 Å². The van der Waals surface area contributed by atoms with E-state index in [1.54, 1.807) is 23.1 Å². The lowest BCUT2D eigenvalue weighted by atomic mass is 9.97. The smallest absolute Gasteiger partial charge is 0.150 e. The molecule has 5 heteroatoms. The van der Waals surface area contributed by atoms with Gasteiger partial charge in [-0.3, -0.25) is 0 Å². The van der Waals surface area contributed by atoms with Crippen LogP contribution in [0.4, 0.5) is 0 Å². The predicted octanol–water partition coefficient (Wildman–Crippen LogP) is 2.29. The molecule has 0 aromatic carbocycles. The van der Waals surface area contributed by atoms with Gasteiger partial charge in [0.15, 0.2) is 0 Å². The molecule has 0 spiro atoms. The molecule has 1 heterocycles. The Morgan fingerprint density at radius 3 is 2.88 bits per heavy atom. The molecule has 1 aromatic heterocycles. The number of nitrogens with zero attached hydrogens (tertiary/aromatic N) is 1. The first kappa shape index (κ1) is 13.3. The minimum absolute atomic E-state index is 0.0982. The second-order valence-corrected chi connectivity index (χ2v) is 6.74. The molecule has 1 aromatic rings. The van der Waals surface area contributed by atoms with Gasteiger partial charge in [-0.2, -0.15) is 0 Å². The fourth-order valence-corrected chi connectivity index (χ4v) is 4.25. The summed E-state index contributed by atoms with van der Waals surface area (Å²) in [7, 11) is 0. The maximum absolute atomic E-state index is 9.71. The maximum atomic E-state index is 9.71. The number of thioether (sulfide) groups is 1. The first-order valence-corrected chi connectivity index (χ1v) is 7.97. The Morgan fingerprint density at radius 1 is 1.65 bits per heavy atom.